The summed E-state index contributed by atoms with van der Waals surface area (Å²) in [5.74, 6) is -1.49. The standard InChI is InChI=1S/C38H43N2O6PSSi/c1-27(46-49(5,6)38(2,3)4)33-34(41)39(36(33)48)35(37(42)45-26-28-22-24-29(25-23-28)40(43)44)47(30-16-10-7-11-17-30,31-18-12-8-13-19-31)32-20-14-9-15-21-32/h7-25,27,33,36,48H,26H2,1-6H3/t27-,33+,36-/m1/s1. The van der Waals surface area contributed by atoms with Crippen molar-refractivity contribution in [1.29, 1.82) is 0 Å². The Bertz CT molecular complexity index is 1760. The number of β-lactam (4-membered cyclic amide) rings is 1. The molecule has 11 heteroatoms. The van der Waals surface area contributed by atoms with E-state index in [1.165, 1.54) is 17.0 Å². The lowest BCUT2D eigenvalue weighted by Gasteiger charge is -2.51. The molecule has 0 spiro atoms. The van der Waals surface area contributed by atoms with E-state index in [1.807, 2.05) is 97.9 Å². The average molecular weight is 715 g/mol. The molecule has 0 N–H and O–H groups in total. The maximum atomic E-state index is 14.8. The highest BCUT2D eigenvalue weighted by molar-refractivity contribution is 7.96. The average Bonchev–Trinajstić information content (AvgIpc) is 3.08. The Morgan fingerprint density at radius 3 is 1.71 bits per heavy atom. The lowest BCUT2D eigenvalue weighted by atomic mass is 9.93. The first-order valence-corrected chi connectivity index (χ1v) is 21.4. The number of ether oxygens (including phenoxy) is 1. The number of benzene rings is 4. The van der Waals surface area contributed by atoms with Gasteiger partial charge in [-0.05, 0) is 58.7 Å². The van der Waals surface area contributed by atoms with E-state index in [2.05, 4.69) is 33.9 Å². The van der Waals surface area contributed by atoms with E-state index >= 15 is 0 Å². The Labute approximate surface area is 295 Å². The lowest BCUT2D eigenvalue weighted by molar-refractivity contribution is -0.384. The normalized spacial score (nSPS) is 17.2. The zero-order valence-corrected chi connectivity index (χ0v) is 31.4. The number of nitro benzene ring substituents is 1. The molecule has 0 radical (unpaired) electrons. The molecule has 0 aliphatic carbocycles. The number of likely N-dealkylation sites (tertiary alicyclic amines) is 1. The summed E-state index contributed by atoms with van der Waals surface area (Å²) in [6, 6.07) is 35.2. The SMILES string of the molecule is C[C@@H](O[Si](C)(C)C(C)(C)C)[C@H]1C(=O)N(C(C(=O)OCc2ccc([N+](=O)[O-])cc2)=P(c2ccccc2)(c2ccccc2)c2ccccc2)[C@@H]1S. The third-order valence-corrected chi connectivity index (χ3v) is 19.0. The highest BCUT2D eigenvalue weighted by Gasteiger charge is 2.55. The third-order valence-electron chi connectivity index (χ3n) is 9.58. The number of hydrogen-bond acceptors (Lipinski definition) is 7. The number of nitrogens with zero attached hydrogens (tertiary/aromatic N) is 2. The van der Waals surface area contributed by atoms with Crippen LogP contribution >= 0.6 is 19.5 Å². The van der Waals surface area contributed by atoms with Gasteiger partial charge in [-0.3, -0.25) is 19.8 Å². The van der Waals surface area contributed by atoms with Gasteiger partial charge in [-0.15, -0.1) is 0 Å². The second-order valence-electron chi connectivity index (χ2n) is 13.7. The first-order valence-electron chi connectivity index (χ1n) is 16.2. The topological polar surface area (TPSA) is 99.0 Å². The van der Waals surface area contributed by atoms with Crippen molar-refractivity contribution in [1.82, 2.24) is 4.90 Å². The molecule has 1 amide bonds. The number of rotatable bonds is 11. The maximum absolute atomic E-state index is 14.8. The zero-order chi connectivity index (χ0) is 35.6. The molecule has 1 aliphatic rings. The minimum absolute atomic E-state index is 0.0614. The first kappa shape index (κ1) is 36.3. The molecule has 4 aromatic carbocycles. The van der Waals surface area contributed by atoms with Gasteiger partial charge in [-0.1, -0.05) is 112 Å². The Hall–Kier alpha value is -3.95. The highest BCUT2D eigenvalue weighted by Crippen LogP contribution is 2.50. The van der Waals surface area contributed by atoms with Crippen LogP contribution in [0.3, 0.4) is 0 Å². The quantitative estimate of drug-likeness (QED) is 0.0346. The molecule has 1 heterocycles. The van der Waals surface area contributed by atoms with Crippen LogP contribution in [-0.4, -0.2) is 46.9 Å². The van der Waals surface area contributed by atoms with Crippen LogP contribution in [0.2, 0.25) is 18.1 Å². The van der Waals surface area contributed by atoms with Gasteiger partial charge in [0, 0.05) is 19.0 Å². The predicted octanol–water partition coefficient (Wildman–Crippen LogP) is 6.89. The Kier molecular flexibility index (Phi) is 10.7. The van der Waals surface area contributed by atoms with E-state index < -0.39 is 43.5 Å². The van der Waals surface area contributed by atoms with Crippen LogP contribution < -0.4 is 15.9 Å². The fraction of sp³-hybridized carbons (Fsp3) is 0.289. The fourth-order valence-electron chi connectivity index (χ4n) is 5.98. The minimum Gasteiger partial charge on any atom is -0.456 e. The molecule has 8 nitrogen and oxygen atoms in total. The predicted molar refractivity (Wildman–Crippen MR) is 204 cm³/mol. The van der Waals surface area contributed by atoms with Crippen molar-refractivity contribution in [2.75, 3.05) is 0 Å². The van der Waals surface area contributed by atoms with E-state index in [0.717, 1.165) is 15.9 Å². The van der Waals surface area contributed by atoms with Gasteiger partial charge in [0.05, 0.1) is 22.3 Å². The van der Waals surface area contributed by atoms with Crippen LogP contribution in [0.25, 0.3) is 0 Å². The number of carbonyl (C=O) groups excluding carboxylic acids is 2. The number of non-ortho nitro benzene ring substituents is 1. The summed E-state index contributed by atoms with van der Waals surface area (Å²) in [6.45, 7) is 9.45. The Morgan fingerprint density at radius 1 is 0.878 bits per heavy atom. The summed E-state index contributed by atoms with van der Waals surface area (Å²) in [4.78, 5) is 41.7. The molecule has 0 aromatic heterocycles. The molecule has 256 valence electrons. The second kappa shape index (κ2) is 14.5. The highest BCUT2D eigenvalue weighted by atomic mass is 32.1. The van der Waals surface area contributed by atoms with Crippen LogP contribution in [0.4, 0.5) is 5.69 Å². The summed E-state index contributed by atoms with van der Waals surface area (Å²) >= 11 is 5.03. The van der Waals surface area contributed by atoms with Gasteiger partial charge in [0.15, 0.2) is 8.32 Å². The maximum Gasteiger partial charge on any atom is 0.356 e. The molecule has 1 aliphatic heterocycles. The van der Waals surface area contributed by atoms with Crippen molar-refractivity contribution < 1.29 is 23.7 Å². The van der Waals surface area contributed by atoms with Crippen LogP contribution in [0.5, 0.6) is 0 Å². The fourth-order valence-corrected chi connectivity index (χ4v) is 12.5. The van der Waals surface area contributed by atoms with Gasteiger partial charge >= 0.3 is 5.97 Å². The molecule has 3 atom stereocenters. The minimum atomic E-state index is -3.11. The van der Waals surface area contributed by atoms with Crippen LogP contribution in [0.15, 0.2) is 115 Å². The van der Waals surface area contributed by atoms with Crippen molar-refractivity contribution in [3.63, 3.8) is 0 Å². The Balaban J connectivity index is 1.72. The van der Waals surface area contributed by atoms with E-state index in [9.17, 15) is 19.7 Å². The van der Waals surface area contributed by atoms with Crippen molar-refractivity contribution in [2.24, 2.45) is 5.92 Å². The summed E-state index contributed by atoms with van der Waals surface area (Å²) in [7, 11) is -2.24. The van der Waals surface area contributed by atoms with Crippen molar-refractivity contribution in [3.8, 4) is 0 Å². The van der Waals surface area contributed by atoms with Crippen molar-refractivity contribution in [2.45, 2.75) is 63.9 Å². The van der Waals surface area contributed by atoms with Crippen molar-refractivity contribution >= 4 is 66.7 Å². The molecule has 0 unspecified atom stereocenters. The number of hydrogen-bond donors (Lipinski definition) is 1. The van der Waals surface area contributed by atoms with E-state index in [0.29, 0.717) is 5.56 Å². The lowest BCUT2D eigenvalue weighted by Crippen LogP contribution is -2.67. The molecule has 0 saturated carbocycles. The van der Waals surface area contributed by atoms with Crippen molar-refractivity contribution in [3.05, 3.63) is 131 Å². The number of carbonyl (C=O) groups is 2. The summed E-state index contributed by atoms with van der Waals surface area (Å²) in [5, 5.41) is 13.1. The van der Waals surface area contributed by atoms with Crippen LogP contribution in [0, 0.1) is 16.0 Å². The van der Waals surface area contributed by atoms with Crippen LogP contribution in [0.1, 0.15) is 33.3 Å². The zero-order valence-electron chi connectivity index (χ0n) is 28.6. The molecular weight excluding hydrogens is 672 g/mol. The first-order chi connectivity index (χ1) is 23.2. The molecule has 49 heavy (non-hydrogen) atoms. The van der Waals surface area contributed by atoms with Gasteiger partial charge < -0.3 is 9.16 Å². The number of thiol groups is 1. The second-order valence-corrected chi connectivity index (χ2v) is 22.3. The van der Waals surface area contributed by atoms with E-state index in [4.69, 9.17) is 21.8 Å². The number of esters is 1. The van der Waals surface area contributed by atoms with Gasteiger partial charge in [0.25, 0.3) is 5.69 Å². The largest absolute Gasteiger partial charge is 0.456 e. The van der Waals surface area contributed by atoms with Gasteiger partial charge in [0.1, 0.15) is 12.0 Å². The molecule has 5 rings (SSSR count). The molecule has 0 bridgehead atoms. The van der Waals surface area contributed by atoms with Crippen LogP contribution in [-0.2, 0) is 25.4 Å². The van der Waals surface area contributed by atoms with Gasteiger partial charge in [-0.25, -0.2) is 4.79 Å². The van der Waals surface area contributed by atoms with Gasteiger partial charge in [0.2, 0.25) is 5.91 Å². The smallest absolute Gasteiger partial charge is 0.356 e. The van der Waals surface area contributed by atoms with Gasteiger partial charge in [-0.2, -0.15) is 12.6 Å². The monoisotopic (exact) mass is 714 g/mol. The molecule has 4 aromatic rings. The summed E-state index contributed by atoms with van der Waals surface area (Å²) in [6.07, 6.45) is -0.428. The van der Waals surface area contributed by atoms with E-state index in [1.54, 1.807) is 12.1 Å². The number of nitro groups is 1. The Morgan fingerprint density at radius 2 is 1.33 bits per heavy atom. The summed E-state index contributed by atoms with van der Waals surface area (Å²) in [5.41, 5.74) is 0.737. The molecule has 1 saturated heterocycles. The summed E-state index contributed by atoms with van der Waals surface area (Å²) < 4.78 is 12.8. The molecule has 1 fully saturated rings. The van der Waals surface area contributed by atoms with E-state index in [-0.39, 0.29) is 28.7 Å². The molecular formula is C38H43N2O6PSSi. The third kappa shape index (κ3) is 7.06. The number of amides is 1.